The number of nitrogens with zero attached hydrogens (tertiary/aromatic N) is 1. The Hall–Kier alpha value is -1.26. The van der Waals surface area contributed by atoms with Gasteiger partial charge in [0.1, 0.15) is 12.4 Å². The molecule has 1 aromatic rings. The molecule has 1 atom stereocenters. The molecule has 1 N–H and O–H groups in total. The lowest BCUT2D eigenvalue weighted by Crippen LogP contribution is -2.37. The number of hydrogen-bond donors (Lipinski definition) is 1. The molecule has 21 heavy (non-hydrogen) atoms. The summed E-state index contributed by atoms with van der Waals surface area (Å²) in [4.78, 5) is 2.41. The van der Waals surface area contributed by atoms with Crippen LogP contribution in [0, 0.1) is 5.92 Å². The second-order valence-corrected chi connectivity index (χ2v) is 5.94. The molecular formula is C17H28N2O2. The second-order valence-electron chi connectivity index (χ2n) is 5.94. The quantitative estimate of drug-likeness (QED) is 0.784. The molecule has 118 valence electrons. The molecule has 0 aliphatic carbocycles. The van der Waals surface area contributed by atoms with Gasteiger partial charge in [-0.15, -0.1) is 0 Å². The number of benzene rings is 1. The van der Waals surface area contributed by atoms with Gasteiger partial charge in [-0.2, -0.15) is 0 Å². The second kappa shape index (κ2) is 8.25. The molecule has 4 nitrogen and oxygen atoms in total. The molecule has 1 aliphatic rings. The van der Waals surface area contributed by atoms with Crippen molar-refractivity contribution in [3.8, 4) is 5.75 Å². The van der Waals surface area contributed by atoms with Crippen molar-refractivity contribution in [2.75, 3.05) is 45.8 Å². The number of anilines is 1. The lowest BCUT2D eigenvalue weighted by atomic mass is 9.90. The van der Waals surface area contributed by atoms with E-state index in [1.165, 1.54) is 25.9 Å². The highest BCUT2D eigenvalue weighted by molar-refractivity contribution is 5.48. The van der Waals surface area contributed by atoms with Gasteiger partial charge in [0.25, 0.3) is 0 Å². The van der Waals surface area contributed by atoms with Crippen molar-refractivity contribution in [2.24, 2.45) is 5.92 Å². The van der Waals surface area contributed by atoms with Gasteiger partial charge >= 0.3 is 0 Å². The van der Waals surface area contributed by atoms with E-state index in [1.54, 1.807) is 7.11 Å². The van der Waals surface area contributed by atoms with E-state index in [4.69, 9.17) is 9.47 Å². The Balaban J connectivity index is 1.85. The van der Waals surface area contributed by atoms with E-state index in [9.17, 15) is 0 Å². The molecule has 0 bridgehead atoms. The summed E-state index contributed by atoms with van der Waals surface area (Å²) in [5.74, 6) is 1.65. The Morgan fingerprint density at radius 3 is 2.76 bits per heavy atom. The topological polar surface area (TPSA) is 33.7 Å². The van der Waals surface area contributed by atoms with Gasteiger partial charge in [-0.1, -0.05) is 6.07 Å². The van der Waals surface area contributed by atoms with E-state index < -0.39 is 0 Å². The van der Waals surface area contributed by atoms with Crippen molar-refractivity contribution < 1.29 is 9.47 Å². The lowest BCUT2D eigenvalue weighted by molar-refractivity contribution is 0.146. The summed E-state index contributed by atoms with van der Waals surface area (Å²) >= 11 is 0. The third kappa shape index (κ3) is 5.21. The van der Waals surface area contributed by atoms with Crippen LogP contribution in [0.5, 0.6) is 5.75 Å². The Kier molecular flexibility index (Phi) is 6.33. The van der Waals surface area contributed by atoms with Crippen LogP contribution >= 0.6 is 0 Å². The Labute approximate surface area is 128 Å². The van der Waals surface area contributed by atoms with E-state index in [2.05, 4.69) is 36.3 Å². The van der Waals surface area contributed by atoms with Crippen molar-refractivity contribution in [3.05, 3.63) is 24.3 Å². The third-order valence-corrected chi connectivity index (χ3v) is 4.25. The fourth-order valence-electron chi connectivity index (χ4n) is 2.83. The highest BCUT2D eigenvalue weighted by Crippen LogP contribution is 2.24. The van der Waals surface area contributed by atoms with Crippen LogP contribution in [0.2, 0.25) is 0 Å². The molecule has 0 aromatic heterocycles. The zero-order valence-corrected chi connectivity index (χ0v) is 13.5. The van der Waals surface area contributed by atoms with Crippen molar-refractivity contribution >= 4 is 5.69 Å². The molecule has 1 unspecified atom stereocenters. The van der Waals surface area contributed by atoms with Crippen LogP contribution in [0.15, 0.2) is 24.3 Å². The highest BCUT2D eigenvalue weighted by Gasteiger charge is 2.22. The van der Waals surface area contributed by atoms with E-state index in [1.807, 2.05) is 12.1 Å². The predicted molar refractivity (Wildman–Crippen MR) is 87.1 cm³/mol. The maximum absolute atomic E-state index is 5.66. The minimum absolute atomic E-state index is 0.493. The standard InChI is InChI=1S/C17H28N2O2/c1-14(15-7-9-19(2)10-8-15)18-16-5-4-6-17(13-16)21-12-11-20-3/h4-6,13-15,18H,7-12H2,1-3H3. The van der Waals surface area contributed by atoms with E-state index in [0.717, 1.165) is 17.4 Å². The first-order chi connectivity index (χ1) is 10.2. The molecule has 1 heterocycles. The summed E-state index contributed by atoms with van der Waals surface area (Å²) in [6.45, 7) is 5.90. The Morgan fingerprint density at radius 1 is 1.29 bits per heavy atom. The first kappa shape index (κ1) is 16.1. The van der Waals surface area contributed by atoms with Crippen LogP contribution in [0.1, 0.15) is 19.8 Å². The third-order valence-electron chi connectivity index (χ3n) is 4.25. The van der Waals surface area contributed by atoms with Gasteiger partial charge in [-0.25, -0.2) is 0 Å². The van der Waals surface area contributed by atoms with Crippen molar-refractivity contribution in [1.29, 1.82) is 0 Å². The summed E-state index contributed by atoms with van der Waals surface area (Å²) in [7, 11) is 3.89. The summed E-state index contributed by atoms with van der Waals surface area (Å²) < 4.78 is 10.7. The molecule has 0 saturated carbocycles. The van der Waals surface area contributed by atoms with E-state index >= 15 is 0 Å². The van der Waals surface area contributed by atoms with Crippen molar-refractivity contribution in [3.63, 3.8) is 0 Å². The largest absolute Gasteiger partial charge is 0.491 e. The molecule has 4 heteroatoms. The molecule has 2 rings (SSSR count). The molecule has 1 saturated heterocycles. The predicted octanol–water partition coefficient (Wildman–Crippen LogP) is 2.85. The fourth-order valence-corrected chi connectivity index (χ4v) is 2.83. The van der Waals surface area contributed by atoms with Crippen molar-refractivity contribution in [2.45, 2.75) is 25.8 Å². The average Bonchev–Trinajstić information content (AvgIpc) is 2.48. The number of piperidine rings is 1. The molecule has 0 amide bonds. The van der Waals surface area contributed by atoms with Crippen LogP contribution in [0.25, 0.3) is 0 Å². The number of likely N-dealkylation sites (tertiary alicyclic amines) is 1. The number of rotatable bonds is 7. The van der Waals surface area contributed by atoms with Gasteiger partial charge in [-0.05, 0) is 58.0 Å². The summed E-state index contributed by atoms with van der Waals surface area (Å²) in [6.07, 6.45) is 2.55. The first-order valence-electron chi connectivity index (χ1n) is 7.86. The van der Waals surface area contributed by atoms with Gasteiger partial charge in [0, 0.05) is 24.9 Å². The zero-order chi connectivity index (χ0) is 15.1. The molecule has 0 radical (unpaired) electrons. The van der Waals surface area contributed by atoms with Gasteiger partial charge in [0.2, 0.25) is 0 Å². The monoisotopic (exact) mass is 292 g/mol. The normalized spacial score (nSPS) is 18.4. The highest BCUT2D eigenvalue weighted by atomic mass is 16.5. The number of ether oxygens (including phenoxy) is 2. The summed E-state index contributed by atoms with van der Waals surface area (Å²) in [6, 6.07) is 8.69. The summed E-state index contributed by atoms with van der Waals surface area (Å²) in [5.41, 5.74) is 1.14. The van der Waals surface area contributed by atoms with Crippen LogP contribution in [0.4, 0.5) is 5.69 Å². The Morgan fingerprint density at radius 2 is 2.05 bits per heavy atom. The van der Waals surface area contributed by atoms with Crippen LogP contribution in [-0.2, 0) is 4.74 Å². The van der Waals surface area contributed by atoms with E-state index in [-0.39, 0.29) is 0 Å². The number of nitrogens with one attached hydrogen (secondary N) is 1. The minimum Gasteiger partial charge on any atom is -0.491 e. The summed E-state index contributed by atoms with van der Waals surface area (Å²) in [5, 5.41) is 3.63. The molecule has 1 aliphatic heterocycles. The molecular weight excluding hydrogens is 264 g/mol. The van der Waals surface area contributed by atoms with Crippen molar-refractivity contribution in [1.82, 2.24) is 4.90 Å². The van der Waals surface area contributed by atoms with E-state index in [0.29, 0.717) is 19.3 Å². The Bertz CT molecular complexity index is 417. The molecule has 0 spiro atoms. The van der Waals surface area contributed by atoms with Crippen LogP contribution in [0.3, 0.4) is 0 Å². The molecule has 1 aromatic carbocycles. The maximum atomic E-state index is 5.66. The van der Waals surface area contributed by atoms with Crippen LogP contribution < -0.4 is 10.1 Å². The maximum Gasteiger partial charge on any atom is 0.121 e. The van der Waals surface area contributed by atoms with Gasteiger partial charge < -0.3 is 19.7 Å². The number of hydrogen-bond acceptors (Lipinski definition) is 4. The first-order valence-corrected chi connectivity index (χ1v) is 7.86. The smallest absolute Gasteiger partial charge is 0.121 e. The van der Waals surface area contributed by atoms with Gasteiger partial charge in [-0.3, -0.25) is 0 Å². The van der Waals surface area contributed by atoms with Gasteiger partial charge in [0.05, 0.1) is 6.61 Å². The lowest BCUT2D eigenvalue weighted by Gasteiger charge is -2.33. The SMILES string of the molecule is COCCOc1cccc(NC(C)C2CCN(C)CC2)c1. The van der Waals surface area contributed by atoms with Gasteiger partial charge in [0.15, 0.2) is 0 Å². The van der Waals surface area contributed by atoms with Crippen LogP contribution in [-0.4, -0.2) is 51.4 Å². The minimum atomic E-state index is 0.493. The average molecular weight is 292 g/mol. The fraction of sp³-hybridized carbons (Fsp3) is 0.647. The molecule has 1 fully saturated rings. The zero-order valence-electron chi connectivity index (χ0n) is 13.5. The number of methoxy groups -OCH3 is 1.